The lowest BCUT2D eigenvalue weighted by Gasteiger charge is -2.25. The SMILES string of the molecule is Cc1ncnc2c1C(Nc1ccccc1)=CCN2O. The second-order valence-electron chi connectivity index (χ2n) is 4.35. The molecule has 0 saturated heterocycles. The van der Waals surface area contributed by atoms with E-state index in [1.54, 1.807) is 0 Å². The van der Waals surface area contributed by atoms with E-state index in [0.29, 0.717) is 12.4 Å². The standard InChI is InChI=1S/C14H14N4O/c1-10-13-12(17-11-5-3-2-4-6-11)7-8-18(19)14(13)16-9-15-10/h2-7,9,17,19H,8H2,1H3. The highest BCUT2D eigenvalue weighted by molar-refractivity contribution is 5.85. The molecule has 0 spiro atoms. The predicted octanol–water partition coefficient (Wildman–Crippen LogP) is 2.45. The van der Waals surface area contributed by atoms with Crippen LogP contribution >= 0.6 is 0 Å². The number of fused-ring (bicyclic) bond motifs is 1. The summed E-state index contributed by atoms with van der Waals surface area (Å²) in [6.07, 6.45) is 3.38. The normalized spacial score (nSPS) is 13.8. The lowest BCUT2D eigenvalue weighted by Crippen LogP contribution is -2.26. The molecule has 0 unspecified atom stereocenters. The molecule has 5 heteroatoms. The Kier molecular flexibility index (Phi) is 2.89. The first kappa shape index (κ1) is 11.7. The van der Waals surface area contributed by atoms with Crippen LogP contribution < -0.4 is 10.4 Å². The van der Waals surface area contributed by atoms with Gasteiger partial charge in [0.15, 0.2) is 5.82 Å². The van der Waals surface area contributed by atoms with Gasteiger partial charge in [-0.25, -0.2) is 15.0 Å². The predicted molar refractivity (Wildman–Crippen MR) is 73.9 cm³/mol. The summed E-state index contributed by atoms with van der Waals surface area (Å²) in [5, 5.41) is 14.3. The molecule has 0 radical (unpaired) electrons. The van der Waals surface area contributed by atoms with E-state index in [-0.39, 0.29) is 0 Å². The van der Waals surface area contributed by atoms with Crippen molar-refractivity contribution in [2.45, 2.75) is 6.92 Å². The van der Waals surface area contributed by atoms with Crippen LogP contribution in [-0.2, 0) is 0 Å². The second-order valence-corrected chi connectivity index (χ2v) is 4.35. The number of hydrogen-bond acceptors (Lipinski definition) is 5. The number of aryl methyl sites for hydroxylation is 1. The van der Waals surface area contributed by atoms with Gasteiger partial charge in [-0.1, -0.05) is 18.2 Å². The molecule has 0 aliphatic carbocycles. The molecular formula is C14H14N4O. The molecule has 0 amide bonds. The molecule has 2 N–H and O–H groups in total. The molecule has 2 aromatic rings. The van der Waals surface area contributed by atoms with Crippen molar-refractivity contribution in [2.24, 2.45) is 0 Å². The third kappa shape index (κ3) is 2.15. The summed E-state index contributed by atoms with van der Waals surface area (Å²) in [5.74, 6) is 0.536. The van der Waals surface area contributed by atoms with Crippen molar-refractivity contribution in [3.05, 3.63) is 54.0 Å². The van der Waals surface area contributed by atoms with Gasteiger partial charge in [0.25, 0.3) is 0 Å². The summed E-state index contributed by atoms with van der Waals surface area (Å²) in [5.41, 5.74) is 3.58. The molecule has 1 aromatic carbocycles. The molecule has 0 saturated carbocycles. The Morgan fingerprint density at radius 2 is 2.00 bits per heavy atom. The van der Waals surface area contributed by atoms with Gasteiger partial charge < -0.3 is 5.32 Å². The number of nitrogens with one attached hydrogen (secondary N) is 1. The van der Waals surface area contributed by atoms with Crippen molar-refractivity contribution in [1.82, 2.24) is 9.97 Å². The molecule has 0 atom stereocenters. The van der Waals surface area contributed by atoms with E-state index in [2.05, 4.69) is 15.3 Å². The number of hydrogen-bond donors (Lipinski definition) is 2. The fourth-order valence-corrected chi connectivity index (χ4v) is 2.13. The van der Waals surface area contributed by atoms with E-state index in [1.807, 2.05) is 43.3 Å². The van der Waals surface area contributed by atoms with Gasteiger partial charge in [0, 0.05) is 11.4 Å². The second kappa shape index (κ2) is 4.70. The van der Waals surface area contributed by atoms with Crippen LogP contribution in [0.1, 0.15) is 11.3 Å². The summed E-state index contributed by atoms with van der Waals surface area (Å²) in [6.45, 7) is 2.30. The molecule has 1 aromatic heterocycles. The van der Waals surface area contributed by atoms with E-state index in [1.165, 1.54) is 6.33 Å². The molecule has 96 valence electrons. The lowest BCUT2D eigenvalue weighted by atomic mass is 10.1. The van der Waals surface area contributed by atoms with Gasteiger partial charge in [-0.05, 0) is 25.1 Å². The molecule has 2 heterocycles. The molecule has 0 fully saturated rings. The summed E-state index contributed by atoms with van der Waals surface area (Å²) >= 11 is 0. The molecule has 1 aliphatic heterocycles. The number of nitrogens with zero attached hydrogens (tertiary/aromatic N) is 3. The minimum absolute atomic E-state index is 0.401. The maximum Gasteiger partial charge on any atom is 0.165 e. The maximum absolute atomic E-state index is 9.84. The fraction of sp³-hybridized carbons (Fsp3) is 0.143. The molecular weight excluding hydrogens is 240 g/mol. The zero-order valence-electron chi connectivity index (χ0n) is 10.5. The van der Waals surface area contributed by atoms with Crippen LogP contribution in [0.15, 0.2) is 42.7 Å². The van der Waals surface area contributed by atoms with Gasteiger partial charge >= 0.3 is 0 Å². The Balaban J connectivity index is 2.01. The monoisotopic (exact) mass is 254 g/mol. The summed E-state index contributed by atoms with van der Waals surface area (Å²) in [6, 6.07) is 9.90. The quantitative estimate of drug-likeness (QED) is 0.862. The van der Waals surface area contributed by atoms with E-state index >= 15 is 0 Å². The van der Waals surface area contributed by atoms with Crippen molar-refractivity contribution in [3.8, 4) is 0 Å². The van der Waals surface area contributed by atoms with Crippen molar-refractivity contribution >= 4 is 17.2 Å². The summed E-state index contributed by atoms with van der Waals surface area (Å²) in [7, 11) is 0. The molecule has 0 bridgehead atoms. The van der Waals surface area contributed by atoms with E-state index in [0.717, 1.165) is 27.7 Å². The van der Waals surface area contributed by atoms with Crippen LogP contribution in [0.5, 0.6) is 0 Å². The summed E-state index contributed by atoms with van der Waals surface area (Å²) in [4.78, 5) is 8.33. The zero-order valence-corrected chi connectivity index (χ0v) is 10.5. The zero-order chi connectivity index (χ0) is 13.2. The topological polar surface area (TPSA) is 61.3 Å². The number of aromatic nitrogens is 2. The lowest BCUT2D eigenvalue weighted by molar-refractivity contribution is 0.261. The molecule has 19 heavy (non-hydrogen) atoms. The highest BCUT2D eigenvalue weighted by atomic mass is 16.5. The number of rotatable bonds is 2. The van der Waals surface area contributed by atoms with Crippen LogP contribution in [-0.4, -0.2) is 21.7 Å². The third-order valence-corrected chi connectivity index (χ3v) is 3.05. The van der Waals surface area contributed by atoms with Crippen molar-refractivity contribution < 1.29 is 5.21 Å². The van der Waals surface area contributed by atoms with Crippen LogP contribution in [0.4, 0.5) is 11.5 Å². The number of benzene rings is 1. The molecule has 1 aliphatic rings. The van der Waals surface area contributed by atoms with Gasteiger partial charge in [0.2, 0.25) is 0 Å². The Hall–Kier alpha value is -2.40. The average Bonchev–Trinajstić information content (AvgIpc) is 2.43. The Morgan fingerprint density at radius 1 is 1.21 bits per heavy atom. The van der Waals surface area contributed by atoms with E-state index < -0.39 is 0 Å². The van der Waals surface area contributed by atoms with Gasteiger partial charge in [-0.15, -0.1) is 0 Å². The van der Waals surface area contributed by atoms with Crippen LogP contribution in [0, 0.1) is 6.92 Å². The summed E-state index contributed by atoms with van der Waals surface area (Å²) < 4.78 is 0. The van der Waals surface area contributed by atoms with Crippen LogP contribution in [0.2, 0.25) is 0 Å². The minimum atomic E-state index is 0.401. The first-order valence-electron chi connectivity index (χ1n) is 6.06. The Labute approximate surface area is 111 Å². The van der Waals surface area contributed by atoms with E-state index in [4.69, 9.17) is 0 Å². The first-order valence-corrected chi connectivity index (χ1v) is 6.06. The van der Waals surface area contributed by atoms with Gasteiger partial charge in [0.1, 0.15) is 6.33 Å². The molecule has 5 nitrogen and oxygen atoms in total. The third-order valence-electron chi connectivity index (χ3n) is 3.05. The van der Waals surface area contributed by atoms with Crippen LogP contribution in [0.3, 0.4) is 0 Å². The smallest absolute Gasteiger partial charge is 0.165 e. The largest absolute Gasteiger partial charge is 0.355 e. The van der Waals surface area contributed by atoms with Gasteiger partial charge in [0.05, 0.1) is 17.8 Å². The number of hydroxylamine groups is 1. The first-order chi connectivity index (χ1) is 9.25. The van der Waals surface area contributed by atoms with Gasteiger partial charge in [-0.3, -0.25) is 5.21 Å². The average molecular weight is 254 g/mol. The minimum Gasteiger partial charge on any atom is -0.355 e. The number of anilines is 2. The van der Waals surface area contributed by atoms with E-state index in [9.17, 15) is 5.21 Å². The Bertz CT molecular complexity index is 625. The highest BCUT2D eigenvalue weighted by Gasteiger charge is 2.21. The maximum atomic E-state index is 9.84. The van der Waals surface area contributed by atoms with Crippen molar-refractivity contribution in [2.75, 3.05) is 16.9 Å². The van der Waals surface area contributed by atoms with Crippen LogP contribution in [0.25, 0.3) is 5.70 Å². The highest BCUT2D eigenvalue weighted by Crippen LogP contribution is 2.30. The van der Waals surface area contributed by atoms with Crippen molar-refractivity contribution in [1.29, 1.82) is 0 Å². The molecule has 3 rings (SSSR count). The number of para-hydroxylation sites is 1. The van der Waals surface area contributed by atoms with Gasteiger partial charge in [-0.2, -0.15) is 0 Å². The Morgan fingerprint density at radius 3 is 2.79 bits per heavy atom. The van der Waals surface area contributed by atoms with Crippen molar-refractivity contribution in [3.63, 3.8) is 0 Å². The fourth-order valence-electron chi connectivity index (χ4n) is 2.13.